The topological polar surface area (TPSA) is 58.2 Å². The first-order valence-corrected chi connectivity index (χ1v) is 6.44. The molecule has 5 heteroatoms. The lowest BCUT2D eigenvalue weighted by Crippen LogP contribution is -2.42. The second-order valence-corrected chi connectivity index (χ2v) is 4.36. The fraction of sp³-hybridized carbons (Fsp3) is 0.429. The number of carbonyl (C=O) groups excluding carboxylic acids is 2. The van der Waals surface area contributed by atoms with Crippen LogP contribution in [0.5, 0.6) is 0 Å². The number of rotatable bonds is 6. The molecule has 0 atom stereocenters. The minimum Gasteiger partial charge on any atom is -0.273 e. The van der Waals surface area contributed by atoms with Crippen LogP contribution in [0.3, 0.4) is 0 Å². The Labute approximate surface area is 112 Å². The van der Waals surface area contributed by atoms with Gasteiger partial charge in [-0.2, -0.15) is 0 Å². The van der Waals surface area contributed by atoms with E-state index in [0.29, 0.717) is 12.0 Å². The van der Waals surface area contributed by atoms with Gasteiger partial charge in [-0.05, 0) is 24.1 Å². The molecule has 0 spiro atoms. The standard InChI is InChI=1S/C14H19FN2O2/c1-2-3-4-5-13(18)16-17-14(19)10-11-6-8-12(15)9-7-11/h6-9H,2-5,10H2,1H3,(H,16,18)(H,17,19). The first-order chi connectivity index (χ1) is 9.11. The van der Waals surface area contributed by atoms with Crippen molar-refractivity contribution in [2.45, 2.75) is 39.0 Å². The predicted octanol–water partition coefficient (Wildman–Crippen LogP) is 2.10. The number of unbranched alkanes of at least 4 members (excludes halogenated alkanes) is 2. The zero-order valence-electron chi connectivity index (χ0n) is 11.0. The largest absolute Gasteiger partial charge is 0.273 e. The molecule has 2 amide bonds. The maximum Gasteiger partial charge on any atom is 0.242 e. The summed E-state index contributed by atoms with van der Waals surface area (Å²) in [4.78, 5) is 22.9. The number of benzene rings is 1. The molecule has 0 bridgehead atoms. The third kappa shape index (κ3) is 6.55. The molecule has 0 aliphatic heterocycles. The Kier molecular flexibility index (Phi) is 6.57. The fourth-order valence-corrected chi connectivity index (χ4v) is 1.57. The Hall–Kier alpha value is -1.91. The number of hydrazine groups is 1. The molecule has 19 heavy (non-hydrogen) atoms. The molecule has 0 saturated carbocycles. The number of carbonyl (C=O) groups is 2. The van der Waals surface area contributed by atoms with Crippen LogP contribution in [0.15, 0.2) is 24.3 Å². The minimum atomic E-state index is -0.339. The van der Waals surface area contributed by atoms with E-state index in [0.717, 1.165) is 19.3 Å². The molecule has 4 nitrogen and oxygen atoms in total. The van der Waals surface area contributed by atoms with Crippen LogP contribution in [-0.2, 0) is 16.0 Å². The van der Waals surface area contributed by atoms with Gasteiger partial charge in [-0.3, -0.25) is 20.4 Å². The van der Waals surface area contributed by atoms with Crippen LogP contribution in [0.4, 0.5) is 4.39 Å². The molecule has 2 N–H and O–H groups in total. The summed E-state index contributed by atoms with van der Waals surface area (Å²) in [5.74, 6) is -0.857. The lowest BCUT2D eigenvalue weighted by molar-refractivity contribution is -0.128. The smallest absolute Gasteiger partial charge is 0.242 e. The third-order valence-corrected chi connectivity index (χ3v) is 2.63. The number of amides is 2. The van der Waals surface area contributed by atoms with Gasteiger partial charge in [-0.15, -0.1) is 0 Å². The van der Waals surface area contributed by atoms with Gasteiger partial charge in [0.15, 0.2) is 0 Å². The first kappa shape index (κ1) is 15.1. The van der Waals surface area contributed by atoms with E-state index in [2.05, 4.69) is 17.8 Å². The van der Waals surface area contributed by atoms with Crippen LogP contribution in [-0.4, -0.2) is 11.8 Å². The average molecular weight is 266 g/mol. The highest BCUT2D eigenvalue weighted by Crippen LogP contribution is 2.03. The second-order valence-electron chi connectivity index (χ2n) is 4.36. The lowest BCUT2D eigenvalue weighted by Gasteiger charge is -2.07. The highest BCUT2D eigenvalue weighted by Gasteiger charge is 2.05. The van der Waals surface area contributed by atoms with E-state index in [4.69, 9.17) is 0 Å². The van der Waals surface area contributed by atoms with Gasteiger partial charge in [0.2, 0.25) is 11.8 Å². The summed E-state index contributed by atoms with van der Waals surface area (Å²) in [6, 6.07) is 5.67. The summed E-state index contributed by atoms with van der Waals surface area (Å²) in [7, 11) is 0. The summed E-state index contributed by atoms with van der Waals surface area (Å²) in [6.45, 7) is 2.06. The Morgan fingerprint density at radius 3 is 2.32 bits per heavy atom. The average Bonchev–Trinajstić information content (AvgIpc) is 2.39. The van der Waals surface area contributed by atoms with Gasteiger partial charge in [-0.1, -0.05) is 31.9 Å². The summed E-state index contributed by atoms with van der Waals surface area (Å²) in [6.07, 6.45) is 3.37. The Morgan fingerprint density at radius 1 is 1.05 bits per heavy atom. The fourth-order valence-electron chi connectivity index (χ4n) is 1.57. The molecule has 0 saturated heterocycles. The first-order valence-electron chi connectivity index (χ1n) is 6.44. The van der Waals surface area contributed by atoms with E-state index < -0.39 is 0 Å². The summed E-state index contributed by atoms with van der Waals surface area (Å²) in [5.41, 5.74) is 5.39. The number of hydrogen-bond donors (Lipinski definition) is 2. The van der Waals surface area contributed by atoms with Gasteiger partial charge < -0.3 is 0 Å². The quantitative estimate of drug-likeness (QED) is 0.612. The van der Waals surface area contributed by atoms with E-state index in [1.54, 1.807) is 0 Å². The zero-order chi connectivity index (χ0) is 14.1. The molecule has 1 aromatic carbocycles. The van der Waals surface area contributed by atoms with Crippen molar-refractivity contribution >= 4 is 11.8 Å². The van der Waals surface area contributed by atoms with E-state index in [9.17, 15) is 14.0 Å². The minimum absolute atomic E-state index is 0.107. The van der Waals surface area contributed by atoms with Crippen LogP contribution in [0.2, 0.25) is 0 Å². The Morgan fingerprint density at radius 2 is 1.68 bits per heavy atom. The molecule has 1 rings (SSSR count). The van der Waals surface area contributed by atoms with Gasteiger partial charge in [0.05, 0.1) is 6.42 Å². The van der Waals surface area contributed by atoms with Crippen LogP contribution in [0.25, 0.3) is 0 Å². The highest BCUT2D eigenvalue weighted by molar-refractivity contribution is 5.83. The molecule has 0 heterocycles. The van der Waals surface area contributed by atoms with E-state index in [1.165, 1.54) is 24.3 Å². The molecule has 0 aliphatic carbocycles. The third-order valence-electron chi connectivity index (χ3n) is 2.63. The predicted molar refractivity (Wildman–Crippen MR) is 70.5 cm³/mol. The molecule has 0 aromatic heterocycles. The van der Waals surface area contributed by atoms with Crippen molar-refractivity contribution in [3.63, 3.8) is 0 Å². The Bertz CT molecular complexity index is 418. The maximum atomic E-state index is 12.7. The van der Waals surface area contributed by atoms with Crippen molar-refractivity contribution in [3.05, 3.63) is 35.6 Å². The van der Waals surface area contributed by atoms with Crippen LogP contribution >= 0.6 is 0 Å². The van der Waals surface area contributed by atoms with E-state index in [-0.39, 0.29) is 24.1 Å². The van der Waals surface area contributed by atoms with Gasteiger partial charge in [-0.25, -0.2) is 4.39 Å². The molecule has 0 aliphatic rings. The van der Waals surface area contributed by atoms with Crippen LogP contribution in [0.1, 0.15) is 38.2 Å². The van der Waals surface area contributed by atoms with Crippen molar-refractivity contribution in [1.29, 1.82) is 0 Å². The zero-order valence-corrected chi connectivity index (χ0v) is 11.0. The van der Waals surface area contributed by atoms with Gasteiger partial charge >= 0.3 is 0 Å². The second kappa shape index (κ2) is 8.24. The number of nitrogens with one attached hydrogen (secondary N) is 2. The van der Waals surface area contributed by atoms with Crippen molar-refractivity contribution in [1.82, 2.24) is 10.9 Å². The molecule has 0 radical (unpaired) electrons. The van der Waals surface area contributed by atoms with Crippen molar-refractivity contribution < 1.29 is 14.0 Å². The summed E-state index contributed by atoms with van der Waals surface area (Å²) >= 11 is 0. The van der Waals surface area contributed by atoms with E-state index >= 15 is 0 Å². The molecule has 0 unspecified atom stereocenters. The van der Waals surface area contributed by atoms with Gasteiger partial charge in [0.1, 0.15) is 5.82 Å². The SMILES string of the molecule is CCCCCC(=O)NNC(=O)Cc1ccc(F)cc1. The molecule has 0 fully saturated rings. The highest BCUT2D eigenvalue weighted by atomic mass is 19.1. The molecular formula is C14H19FN2O2. The normalized spacial score (nSPS) is 10.0. The summed E-state index contributed by atoms with van der Waals surface area (Å²) < 4.78 is 12.7. The van der Waals surface area contributed by atoms with Crippen LogP contribution < -0.4 is 10.9 Å². The number of hydrogen-bond acceptors (Lipinski definition) is 2. The Balaban J connectivity index is 2.24. The van der Waals surface area contributed by atoms with Crippen molar-refractivity contribution in [2.24, 2.45) is 0 Å². The van der Waals surface area contributed by atoms with Crippen molar-refractivity contribution in [3.8, 4) is 0 Å². The monoisotopic (exact) mass is 266 g/mol. The summed E-state index contributed by atoms with van der Waals surface area (Å²) in [5, 5.41) is 0. The molecular weight excluding hydrogens is 247 g/mol. The van der Waals surface area contributed by atoms with Gasteiger partial charge in [0, 0.05) is 6.42 Å². The van der Waals surface area contributed by atoms with Crippen LogP contribution in [0, 0.1) is 5.82 Å². The van der Waals surface area contributed by atoms with Gasteiger partial charge in [0.25, 0.3) is 0 Å². The maximum absolute atomic E-state index is 12.7. The lowest BCUT2D eigenvalue weighted by atomic mass is 10.1. The molecule has 1 aromatic rings. The molecule has 104 valence electrons. The van der Waals surface area contributed by atoms with E-state index in [1.807, 2.05) is 0 Å². The van der Waals surface area contributed by atoms with Crippen molar-refractivity contribution in [2.75, 3.05) is 0 Å². The number of halogens is 1.